The van der Waals surface area contributed by atoms with Gasteiger partial charge in [-0.2, -0.15) is 0 Å². The molecule has 0 spiro atoms. The Hall–Kier alpha value is -5.23. The van der Waals surface area contributed by atoms with Gasteiger partial charge in [0.05, 0.1) is 22.6 Å². The second-order valence-corrected chi connectivity index (χ2v) is 13.3. The van der Waals surface area contributed by atoms with Gasteiger partial charge in [-0.3, -0.25) is 24.0 Å². The molecule has 0 saturated carbocycles. The summed E-state index contributed by atoms with van der Waals surface area (Å²) in [6.45, 7) is 4.66. The Balaban J connectivity index is 1.83. The summed E-state index contributed by atoms with van der Waals surface area (Å²) in [4.78, 5) is 40.6. The summed E-state index contributed by atoms with van der Waals surface area (Å²) in [5.74, 6) is -0.547. The van der Waals surface area contributed by atoms with E-state index in [4.69, 9.17) is 4.74 Å². The number of sulfonamides is 1. The van der Waals surface area contributed by atoms with E-state index in [2.05, 4.69) is 5.32 Å². The number of nitro groups is 1. The molecule has 0 heterocycles. The van der Waals surface area contributed by atoms with Crippen LogP contribution in [0.1, 0.15) is 37.0 Å². The van der Waals surface area contributed by atoms with E-state index >= 15 is 0 Å². The van der Waals surface area contributed by atoms with Crippen LogP contribution in [0.4, 0.5) is 11.4 Å². The van der Waals surface area contributed by atoms with Crippen molar-refractivity contribution >= 4 is 33.2 Å². The van der Waals surface area contributed by atoms with Crippen molar-refractivity contribution < 1.29 is 27.7 Å². The molecule has 0 aliphatic heterocycles. The SMILES string of the molecule is CC[C@H](C)NC(=O)[C@H](Cc1ccccc1)N(Cc1ccccc1)C(=O)CN(c1ccc(OC)cc1)S(=O)(=O)c1ccc(C)c([N+](=O)[O-])c1. The summed E-state index contributed by atoms with van der Waals surface area (Å²) < 4.78 is 34.7. The van der Waals surface area contributed by atoms with Crippen LogP contribution in [-0.4, -0.2) is 55.8 Å². The van der Waals surface area contributed by atoms with Crippen molar-refractivity contribution in [3.8, 4) is 5.75 Å². The van der Waals surface area contributed by atoms with Gasteiger partial charge in [0.15, 0.2) is 0 Å². The van der Waals surface area contributed by atoms with Crippen molar-refractivity contribution in [2.24, 2.45) is 0 Å². The molecule has 0 bridgehead atoms. The molecule has 11 nitrogen and oxygen atoms in total. The van der Waals surface area contributed by atoms with E-state index in [1.54, 1.807) is 12.1 Å². The molecular formula is C36H40N4O7S. The molecule has 4 aromatic rings. The molecule has 12 heteroatoms. The number of rotatable bonds is 15. The maximum absolute atomic E-state index is 14.6. The monoisotopic (exact) mass is 672 g/mol. The molecule has 0 unspecified atom stereocenters. The standard InChI is InChI=1S/C36H40N4O7S/c1-5-27(3)37-36(42)34(22-28-12-8-6-9-13-28)38(24-29-14-10-7-11-15-29)35(41)25-39(30-17-19-31(47-4)20-18-30)48(45,46)32-21-16-26(2)33(23-32)40(43)44/h6-21,23,27,34H,5,22,24-25H2,1-4H3,(H,37,42)/t27-,34-/m0/s1. The lowest BCUT2D eigenvalue weighted by Crippen LogP contribution is -2.54. The highest BCUT2D eigenvalue weighted by atomic mass is 32.2. The number of hydrogen-bond donors (Lipinski definition) is 1. The molecule has 0 aromatic heterocycles. The largest absolute Gasteiger partial charge is 0.497 e. The third-order valence-corrected chi connectivity index (χ3v) is 9.84. The number of hydrogen-bond acceptors (Lipinski definition) is 7. The van der Waals surface area contributed by atoms with Crippen molar-refractivity contribution in [2.45, 2.75) is 57.1 Å². The zero-order valence-corrected chi connectivity index (χ0v) is 28.2. The van der Waals surface area contributed by atoms with Gasteiger partial charge in [0, 0.05) is 30.6 Å². The number of amides is 2. The summed E-state index contributed by atoms with van der Waals surface area (Å²) in [6, 6.07) is 27.0. The van der Waals surface area contributed by atoms with Crippen LogP contribution in [0.25, 0.3) is 0 Å². The predicted octanol–water partition coefficient (Wildman–Crippen LogP) is 5.66. The van der Waals surface area contributed by atoms with E-state index in [-0.39, 0.29) is 46.7 Å². The van der Waals surface area contributed by atoms with E-state index in [1.165, 1.54) is 43.2 Å². The number of carbonyl (C=O) groups is 2. The molecule has 0 fully saturated rings. The van der Waals surface area contributed by atoms with Crippen molar-refractivity contribution in [1.29, 1.82) is 0 Å². The summed E-state index contributed by atoms with van der Waals surface area (Å²) in [7, 11) is -3.07. The second kappa shape index (κ2) is 16.1. The number of nitrogens with one attached hydrogen (secondary N) is 1. The molecule has 0 aliphatic carbocycles. The van der Waals surface area contributed by atoms with E-state index in [0.717, 1.165) is 21.5 Å². The van der Waals surface area contributed by atoms with E-state index in [1.807, 2.05) is 74.5 Å². The lowest BCUT2D eigenvalue weighted by atomic mass is 10.0. The van der Waals surface area contributed by atoms with E-state index < -0.39 is 33.4 Å². The molecular weight excluding hydrogens is 632 g/mol. The highest BCUT2D eigenvalue weighted by Crippen LogP contribution is 2.30. The first-order chi connectivity index (χ1) is 22.9. The number of nitro benzene ring substituents is 1. The molecule has 2 amide bonds. The number of ether oxygens (including phenoxy) is 1. The van der Waals surface area contributed by atoms with Gasteiger partial charge < -0.3 is 15.0 Å². The zero-order valence-electron chi connectivity index (χ0n) is 27.4. The van der Waals surface area contributed by atoms with E-state index in [9.17, 15) is 28.1 Å². The third kappa shape index (κ3) is 8.77. The van der Waals surface area contributed by atoms with Gasteiger partial charge in [-0.05, 0) is 61.7 Å². The first kappa shape index (κ1) is 35.6. The lowest BCUT2D eigenvalue weighted by molar-refractivity contribution is -0.385. The fourth-order valence-corrected chi connectivity index (χ4v) is 6.56. The molecule has 48 heavy (non-hydrogen) atoms. The summed E-state index contributed by atoms with van der Waals surface area (Å²) >= 11 is 0. The van der Waals surface area contributed by atoms with Gasteiger partial charge in [-0.1, -0.05) is 73.7 Å². The Bertz CT molecular complexity index is 1820. The van der Waals surface area contributed by atoms with Crippen LogP contribution in [0, 0.1) is 17.0 Å². The van der Waals surface area contributed by atoms with Gasteiger partial charge in [-0.25, -0.2) is 8.42 Å². The van der Waals surface area contributed by atoms with Crippen LogP contribution in [0.5, 0.6) is 5.75 Å². The fourth-order valence-electron chi connectivity index (χ4n) is 5.13. The summed E-state index contributed by atoms with van der Waals surface area (Å²) in [6.07, 6.45) is 0.851. The maximum atomic E-state index is 14.6. The Morgan fingerprint density at radius 3 is 2.08 bits per heavy atom. The van der Waals surface area contributed by atoms with Crippen molar-refractivity contribution in [3.05, 3.63) is 130 Å². The predicted molar refractivity (Wildman–Crippen MR) is 184 cm³/mol. The molecule has 0 aliphatic rings. The molecule has 252 valence electrons. The second-order valence-electron chi connectivity index (χ2n) is 11.4. The van der Waals surface area contributed by atoms with Crippen LogP contribution in [0.2, 0.25) is 0 Å². The first-order valence-electron chi connectivity index (χ1n) is 15.5. The Morgan fingerprint density at radius 1 is 0.917 bits per heavy atom. The van der Waals surface area contributed by atoms with E-state index in [0.29, 0.717) is 12.2 Å². The lowest BCUT2D eigenvalue weighted by Gasteiger charge is -2.34. The van der Waals surface area contributed by atoms with Gasteiger partial charge in [0.25, 0.3) is 15.7 Å². The Kier molecular flexibility index (Phi) is 11.9. The summed E-state index contributed by atoms with van der Waals surface area (Å²) in [5.41, 5.74) is 1.62. The zero-order chi connectivity index (χ0) is 34.8. The Labute approximate surface area is 281 Å². The topological polar surface area (TPSA) is 139 Å². The number of carbonyl (C=O) groups excluding carboxylic acids is 2. The van der Waals surface area contributed by atoms with Crippen LogP contribution in [0.3, 0.4) is 0 Å². The number of nitrogens with zero attached hydrogens (tertiary/aromatic N) is 3. The molecule has 0 radical (unpaired) electrons. The highest BCUT2D eigenvalue weighted by Gasteiger charge is 2.35. The summed E-state index contributed by atoms with van der Waals surface area (Å²) in [5, 5.41) is 14.7. The third-order valence-electron chi connectivity index (χ3n) is 8.07. The van der Waals surface area contributed by atoms with Crippen LogP contribution >= 0.6 is 0 Å². The van der Waals surface area contributed by atoms with Crippen molar-refractivity contribution in [1.82, 2.24) is 10.2 Å². The average molecular weight is 673 g/mol. The van der Waals surface area contributed by atoms with Crippen molar-refractivity contribution in [3.63, 3.8) is 0 Å². The van der Waals surface area contributed by atoms with Crippen LogP contribution in [-0.2, 0) is 32.6 Å². The van der Waals surface area contributed by atoms with Gasteiger partial charge in [0.2, 0.25) is 11.8 Å². The number of aryl methyl sites for hydroxylation is 1. The molecule has 4 aromatic carbocycles. The first-order valence-corrected chi connectivity index (χ1v) is 17.0. The molecule has 2 atom stereocenters. The Morgan fingerprint density at radius 2 is 1.52 bits per heavy atom. The normalized spacial score (nSPS) is 12.4. The highest BCUT2D eigenvalue weighted by molar-refractivity contribution is 7.92. The molecule has 4 rings (SSSR count). The minimum absolute atomic E-state index is 0.0254. The number of methoxy groups -OCH3 is 1. The molecule has 1 N–H and O–H groups in total. The van der Waals surface area contributed by atoms with Crippen LogP contribution < -0.4 is 14.4 Å². The fraction of sp³-hybridized carbons (Fsp3) is 0.278. The van der Waals surface area contributed by atoms with Gasteiger partial charge in [0.1, 0.15) is 18.3 Å². The molecule has 0 saturated heterocycles. The smallest absolute Gasteiger partial charge is 0.273 e. The number of benzene rings is 4. The number of anilines is 1. The van der Waals surface area contributed by atoms with Crippen molar-refractivity contribution in [2.75, 3.05) is 18.0 Å². The average Bonchev–Trinajstić information content (AvgIpc) is 3.09. The maximum Gasteiger partial charge on any atom is 0.273 e. The van der Waals surface area contributed by atoms with Gasteiger partial charge >= 0.3 is 0 Å². The quantitative estimate of drug-likeness (QED) is 0.127. The van der Waals surface area contributed by atoms with Crippen LogP contribution in [0.15, 0.2) is 108 Å². The van der Waals surface area contributed by atoms with Gasteiger partial charge in [-0.15, -0.1) is 0 Å². The minimum Gasteiger partial charge on any atom is -0.497 e. The minimum atomic E-state index is -4.54.